The Morgan fingerprint density at radius 2 is 1.27 bits per heavy atom. The highest BCUT2D eigenvalue weighted by Crippen LogP contribution is 2.60. The van der Waals surface area contributed by atoms with Gasteiger partial charge in [-0.3, -0.25) is 22.9 Å². The average Bonchev–Trinajstić information content (AvgIpc) is 3.82. The number of amides is 1. The van der Waals surface area contributed by atoms with Crippen molar-refractivity contribution in [2.24, 2.45) is 5.73 Å². The van der Waals surface area contributed by atoms with Crippen molar-refractivity contribution in [3.63, 3.8) is 0 Å². The second-order valence-corrected chi connectivity index (χ2v) is 17.4. The van der Waals surface area contributed by atoms with Crippen molar-refractivity contribution >= 4 is 46.4 Å². The van der Waals surface area contributed by atoms with Gasteiger partial charge in [0.15, 0.2) is 30.2 Å². The van der Waals surface area contributed by atoms with Gasteiger partial charge in [0, 0.05) is 18.0 Å². The summed E-state index contributed by atoms with van der Waals surface area (Å²) in [7, 11) is -15.5. The molecule has 6 heterocycles. The number of hydrogen-bond donors (Lipinski definition) is 14. The number of nitrogens with zero attached hydrogens (tertiary/aromatic N) is 5. The summed E-state index contributed by atoms with van der Waals surface area (Å²) >= 11 is 0. The van der Waals surface area contributed by atoms with Crippen molar-refractivity contribution in [3.8, 4) is 0 Å². The van der Waals surface area contributed by atoms with Crippen LogP contribution in [0.25, 0.3) is 11.2 Å². The first-order valence-electron chi connectivity index (χ1n) is 17.0. The van der Waals surface area contributed by atoms with Crippen molar-refractivity contribution in [2.45, 2.75) is 86.2 Å². The van der Waals surface area contributed by atoms with E-state index in [0.29, 0.717) is 0 Å². The number of nitrogen functional groups attached to an aromatic ring is 1. The fourth-order valence-corrected chi connectivity index (χ4v) is 8.35. The van der Waals surface area contributed by atoms with E-state index in [4.69, 9.17) is 50.0 Å². The molecule has 338 valence electrons. The normalized spacial score (nSPS) is 35.4. The quantitative estimate of drug-likeness (QED) is 0.0785. The third-order valence-electron chi connectivity index (χ3n) is 8.97. The number of nitrogens with two attached hydrogens (primary N) is 2. The standard InChI is InChI=1S/C21H29N7O14P2.C6H13O9P/c22-17-12-19(25-7-24-17)28(8-26-12)21-16(32)14(30)11(41-21)6-39-44(36,37)42-43(34,35)38-5-10-13(29)15(31)20(40-10)27-3-1-2-9(4-27)18(23)33;7-3-2(1-14-16(11,12)13)15-6(10)5(9)4(3)8/h1,3-4,7-8,10-11,13-16,20-21,29-32H,2,5-6H2,(H2,23,33)(H,34,35)(H,36,37)(H2,22,24,25);2-10H,1H2,(H2,11,12,13)/t10-,11-,13-,14-,15-,16-,20-,21-;2-,3-,4+,5-,6-/m11/s1. The van der Waals surface area contributed by atoms with Gasteiger partial charge in [0.25, 0.3) is 0 Å². The molecule has 0 aromatic carbocycles. The van der Waals surface area contributed by atoms with Crippen LogP contribution >= 0.6 is 23.5 Å². The van der Waals surface area contributed by atoms with Gasteiger partial charge in [-0.15, -0.1) is 0 Å². The summed E-state index contributed by atoms with van der Waals surface area (Å²) < 4.78 is 69.8. The SMILES string of the molecule is NC(=O)C1=CN([C@@H]2O[C@H](COP(=O)(O)OP(=O)(O)OC[C@H]3O[C@@H](n4cnc5c(N)ncnc54)[C@H](O)[C@@H]3O)[C@@H](O)[C@H]2O)C=CC1.O=P(O)(O)OC[C@H]1O[C@@H](O)[C@H](O)[C@@H](O)[C@@H]1O. The Labute approximate surface area is 335 Å². The molecular formula is C27H42N7O23P3. The van der Waals surface area contributed by atoms with Crippen LogP contribution in [0.15, 0.2) is 36.7 Å². The van der Waals surface area contributed by atoms with Crippen LogP contribution < -0.4 is 11.5 Å². The number of allylic oxidation sites excluding steroid dienone is 1. The minimum Gasteiger partial charge on any atom is -0.387 e. The molecule has 3 fully saturated rings. The first kappa shape index (κ1) is 48.1. The van der Waals surface area contributed by atoms with Crippen LogP contribution in [-0.4, -0.2) is 184 Å². The van der Waals surface area contributed by atoms with E-state index in [2.05, 4.69) is 28.5 Å². The molecule has 0 bridgehead atoms. The Hall–Kier alpha value is -2.97. The third-order valence-corrected chi connectivity index (χ3v) is 12.1. The Balaban J connectivity index is 0.000000359. The average molecular weight is 926 g/mol. The summed E-state index contributed by atoms with van der Waals surface area (Å²) in [4.78, 5) is 61.4. The second kappa shape index (κ2) is 19.2. The molecule has 0 saturated carbocycles. The maximum Gasteiger partial charge on any atom is 0.481 e. The first-order valence-corrected chi connectivity index (χ1v) is 21.6. The molecular weight excluding hydrogens is 883 g/mol. The molecule has 4 aliphatic heterocycles. The van der Waals surface area contributed by atoms with E-state index in [0.717, 1.165) is 6.33 Å². The number of ether oxygens (including phenoxy) is 3. The monoisotopic (exact) mass is 925 g/mol. The van der Waals surface area contributed by atoms with Crippen LogP contribution in [0.4, 0.5) is 5.82 Å². The summed E-state index contributed by atoms with van der Waals surface area (Å²) in [6.07, 6.45) is -13.0. The van der Waals surface area contributed by atoms with Gasteiger partial charge in [-0.05, 0) is 6.42 Å². The van der Waals surface area contributed by atoms with Gasteiger partial charge in [-0.1, -0.05) is 6.08 Å². The number of anilines is 1. The number of carbonyl (C=O) groups excluding carboxylic acids is 1. The number of hydrogen-bond acceptors (Lipinski definition) is 24. The molecule has 0 radical (unpaired) electrons. The highest BCUT2D eigenvalue weighted by atomic mass is 31.3. The van der Waals surface area contributed by atoms with Crippen LogP contribution in [0.2, 0.25) is 0 Å². The van der Waals surface area contributed by atoms with E-state index < -0.39 is 129 Å². The highest BCUT2D eigenvalue weighted by Gasteiger charge is 2.49. The van der Waals surface area contributed by atoms with Gasteiger partial charge < -0.3 is 91.0 Å². The largest absolute Gasteiger partial charge is 0.481 e. The fourth-order valence-electron chi connectivity index (χ4n) is 5.92. The van der Waals surface area contributed by atoms with Gasteiger partial charge in [0.05, 0.1) is 26.1 Å². The molecule has 4 aliphatic rings. The summed E-state index contributed by atoms with van der Waals surface area (Å²) in [5.41, 5.74) is 11.6. The second-order valence-electron chi connectivity index (χ2n) is 13.2. The van der Waals surface area contributed by atoms with Gasteiger partial charge in [0.2, 0.25) is 5.91 Å². The number of phosphoric acid groups is 3. The van der Waals surface area contributed by atoms with Crippen LogP contribution in [-0.2, 0) is 50.6 Å². The van der Waals surface area contributed by atoms with E-state index >= 15 is 0 Å². The molecule has 2 unspecified atom stereocenters. The molecule has 30 nitrogen and oxygen atoms in total. The molecule has 16 N–H and O–H groups in total. The summed E-state index contributed by atoms with van der Waals surface area (Å²) in [5, 5.41) is 78.4. The molecule has 33 heteroatoms. The Morgan fingerprint density at radius 1 is 0.733 bits per heavy atom. The van der Waals surface area contributed by atoms with E-state index in [1.165, 1.54) is 28.2 Å². The van der Waals surface area contributed by atoms with Crippen LogP contribution in [0.5, 0.6) is 0 Å². The van der Waals surface area contributed by atoms with Crippen molar-refractivity contribution in [3.05, 3.63) is 36.7 Å². The van der Waals surface area contributed by atoms with Gasteiger partial charge in [-0.25, -0.2) is 28.6 Å². The maximum absolute atomic E-state index is 12.4. The summed E-state index contributed by atoms with van der Waals surface area (Å²) in [6.45, 7) is -2.52. The Bertz CT molecular complexity index is 2040. The zero-order valence-corrected chi connectivity index (χ0v) is 33.0. The number of imidazole rings is 1. The van der Waals surface area contributed by atoms with Gasteiger partial charge >= 0.3 is 23.5 Å². The van der Waals surface area contributed by atoms with Gasteiger partial charge in [0.1, 0.15) is 72.9 Å². The van der Waals surface area contributed by atoms with E-state index in [9.17, 15) is 58.9 Å². The Morgan fingerprint density at radius 3 is 1.85 bits per heavy atom. The van der Waals surface area contributed by atoms with E-state index in [1.807, 2.05) is 0 Å². The lowest BCUT2D eigenvalue weighted by atomic mass is 10.00. The van der Waals surface area contributed by atoms with Crippen molar-refractivity contribution < 1.29 is 111 Å². The number of aromatic nitrogens is 4. The molecule has 60 heavy (non-hydrogen) atoms. The third kappa shape index (κ3) is 11.5. The summed E-state index contributed by atoms with van der Waals surface area (Å²) in [5.74, 6) is -0.658. The predicted octanol–water partition coefficient (Wildman–Crippen LogP) is -5.79. The molecule has 1 amide bonds. The minimum absolute atomic E-state index is 0.0517. The van der Waals surface area contributed by atoms with E-state index in [1.54, 1.807) is 6.08 Å². The fraction of sp³-hybridized carbons (Fsp3) is 0.630. The molecule has 0 spiro atoms. The molecule has 2 aromatic rings. The number of fused-ring (bicyclic) bond motifs is 1. The van der Waals surface area contributed by atoms with Crippen LogP contribution in [0.1, 0.15) is 12.6 Å². The van der Waals surface area contributed by atoms with Crippen molar-refractivity contribution in [1.29, 1.82) is 0 Å². The minimum atomic E-state index is -5.37. The van der Waals surface area contributed by atoms with E-state index in [-0.39, 0.29) is 29.0 Å². The Kier molecular flexibility index (Phi) is 15.4. The number of carbonyl (C=O) groups is 1. The number of phosphoric ester groups is 3. The molecule has 0 aliphatic carbocycles. The predicted molar refractivity (Wildman–Crippen MR) is 189 cm³/mol. The number of primary amides is 1. The first-order chi connectivity index (χ1) is 27.9. The number of rotatable bonds is 14. The molecule has 15 atom stereocenters. The number of aliphatic hydroxyl groups is 8. The lowest BCUT2D eigenvalue weighted by Crippen LogP contribution is -2.58. The van der Waals surface area contributed by atoms with Crippen LogP contribution in [0.3, 0.4) is 0 Å². The lowest BCUT2D eigenvalue weighted by Gasteiger charge is -2.38. The molecule has 3 saturated heterocycles. The topological polar surface area (TPSA) is 475 Å². The summed E-state index contributed by atoms with van der Waals surface area (Å²) in [6, 6.07) is 0. The highest BCUT2D eigenvalue weighted by molar-refractivity contribution is 7.61. The van der Waals surface area contributed by atoms with Crippen LogP contribution in [0, 0.1) is 0 Å². The molecule has 6 rings (SSSR count). The van der Waals surface area contributed by atoms with Crippen molar-refractivity contribution in [2.75, 3.05) is 25.6 Å². The van der Waals surface area contributed by atoms with Gasteiger partial charge in [-0.2, -0.15) is 4.31 Å². The number of aliphatic hydroxyl groups excluding tert-OH is 8. The van der Waals surface area contributed by atoms with Crippen molar-refractivity contribution in [1.82, 2.24) is 24.4 Å². The zero-order valence-electron chi connectivity index (χ0n) is 30.3. The lowest BCUT2D eigenvalue weighted by molar-refractivity contribution is -0.285. The molecule has 2 aromatic heterocycles. The smallest absolute Gasteiger partial charge is 0.387 e. The maximum atomic E-state index is 12.4. The zero-order chi connectivity index (χ0) is 44.5.